The second-order valence-corrected chi connectivity index (χ2v) is 6.70. The minimum atomic E-state index is -0.377. The summed E-state index contributed by atoms with van der Waals surface area (Å²) >= 11 is 0. The number of hydrogen-bond donors (Lipinski definition) is 3. The molecular formula is C19H20N4O3. The summed E-state index contributed by atoms with van der Waals surface area (Å²) in [5.41, 5.74) is 3.60. The predicted octanol–water partition coefficient (Wildman–Crippen LogP) is 2.31. The summed E-state index contributed by atoms with van der Waals surface area (Å²) in [6.07, 6.45) is 5.61. The summed E-state index contributed by atoms with van der Waals surface area (Å²) in [6.45, 7) is 0.186. The third-order valence-corrected chi connectivity index (χ3v) is 4.98. The van der Waals surface area contributed by atoms with E-state index in [0.29, 0.717) is 22.8 Å². The molecule has 0 radical (unpaired) electrons. The van der Waals surface area contributed by atoms with E-state index >= 15 is 0 Å². The van der Waals surface area contributed by atoms with Gasteiger partial charge in [0.2, 0.25) is 5.91 Å². The minimum absolute atomic E-state index is 0.0684. The van der Waals surface area contributed by atoms with Gasteiger partial charge in [0, 0.05) is 13.2 Å². The summed E-state index contributed by atoms with van der Waals surface area (Å²) < 4.78 is 0. The van der Waals surface area contributed by atoms with Crippen molar-refractivity contribution in [2.75, 3.05) is 29.1 Å². The molecule has 0 fully saturated rings. The number of carbonyl (C=O) groups excluding carboxylic acids is 2. The first-order chi connectivity index (χ1) is 12.5. The highest BCUT2D eigenvalue weighted by Gasteiger charge is 2.23. The Morgan fingerprint density at radius 3 is 2.73 bits per heavy atom. The van der Waals surface area contributed by atoms with Crippen molar-refractivity contribution in [3.8, 4) is 5.75 Å². The van der Waals surface area contributed by atoms with Crippen molar-refractivity contribution in [3.63, 3.8) is 0 Å². The lowest BCUT2D eigenvalue weighted by Gasteiger charge is -2.26. The molecule has 0 saturated carbocycles. The molecule has 0 spiro atoms. The zero-order chi connectivity index (χ0) is 18.3. The van der Waals surface area contributed by atoms with Gasteiger partial charge in [-0.25, -0.2) is 4.98 Å². The summed E-state index contributed by atoms with van der Waals surface area (Å²) in [5, 5.41) is 15.9. The number of pyridine rings is 1. The Kier molecular flexibility index (Phi) is 3.99. The smallest absolute Gasteiger partial charge is 0.257 e. The number of phenolic OH excluding ortho intramolecular Hbond substituents is 1. The summed E-state index contributed by atoms with van der Waals surface area (Å²) in [4.78, 5) is 30.1. The number of benzene rings is 1. The highest BCUT2D eigenvalue weighted by atomic mass is 16.3. The lowest BCUT2D eigenvalue weighted by Crippen LogP contribution is -2.37. The monoisotopic (exact) mass is 352 g/mol. The molecule has 7 nitrogen and oxygen atoms in total. The Hall–Kier alpha value is -3.09. The molecule has 0 atom stereocenters. The fraction of sp³-hybridized carbons (Fsp3) is 0.316. The van der Waals surface area contributed by atoms with Crippen LogP contribution >= 0.6 is 0 Å². The fourth-order valence-corrected chi connectivity index (χ4v) is 3.45. The van der Waals surface area contributed by atoms with Crippen LogP contribution in [0.5, 0.6) is 5.75 Å². The third-order valence-electron chi connectivity index (χ3n) is 4.98. The van der Waals surface area contributed by atoms with E-state index in [9.17, 15) is 14.7 Å². The van der Waals surface area contributed by atoms with Gasteiger partial charge in [-0.15, -0.1) is 0 Å². The van der Waals surface area contributed by atoms with Crippen molar-refractivity contribution >= 4 is 29.0 Å². The average molecular weight is 352 g/mol. The molecule has 7 heteroatoms. The van der Waals surface area contributed by atoms with E-state index in [4.69, 9.17) is 0 Å². The van der Waals surface area contributed by atoms with Gasteiger partial charge in [-0.05, 0) is 55.0 Å². The lowest BCUT2D eigenvalue weighted by molar-refractivity contribution is -0.116. The van der Waals surface area contributed by atoms with Gasteiger partial charge < -0.3 is 20.6 Å². The molecule has 1 aromatic heterocycles. The molecule has 26 heavy (non-hydrogen) atoms. The van der Waals surface area contributed by atoms with E-state index in [1.165, 1.54) is 16.7 Å². The van der Waals surface area contributed by atoms with E-state index in [2.05, 4.69) is 15.6 Å². The van der Waals surface area contributed by atoms with Crippen molar-refractivity contribution in [1.82, 2.24) is 4.98 Å². The quantitative estimate of drug-likeness (QED) is 0.721. The van der Waals surface area contributed by atoms with Crippen LogP contribution in [0, 0.1) is 0 Å². The van der Waals surface area contributed by atoms with Crippen molar-refractivity contribution in [2.45, 2.75) is 25.7 Å². The second-order valence-electron chi connectivity index (χ2n) is 6.70. The molecule has 2 heterocycles. The molecule has 4 rings (SSSR count). The number of aromatic hydroxyl groups is 1. The van der Waals surface area contributed by atoms with Gasteiger partial charge in [-0.2, -0.15) is 0 Å². The maximum absolute atomic E-state index is 12.6. The SMILES string of the molecule is CN1C(=O)CNc2ncc(C(=O)Nc3cc4c(cc3O)CCCC4)cc21. The molecule has 2 aliphatic rings. The van der Waals surface area contributed by atoms with E-state index < -0.39 is 0 Å². The number of aromatic nitrogens is 1. The molecule has 0 saturated heterocycles. The number of nitrogens with zero attached hydrogens (tertiary/aromatic N) is 2. The van der Waals surface area contributed by atoms with Crippen LogP contribution in [-0.2, 0) is 17.6 Å². The zero-order valence-corrected chi connectivity index (χ0v) is 14.5. The Balaban J connectivity index is 1.60. The van der Waals surface area contributed by atoms with Crippen LogP contribution in [0.1, 0.15) is 34.3 Å². The predicted molar refractivity (Wildman–Crippen MR) is 98.8 cm³/mol. The van der Waals surface area contributed by atoms with Gasteiger partial charge in [0.1, 0.15) is 11.6 Å². The number of likely N-dealkylation sites (N-methyl/N-ethyl adjacent to an activating group) is 1. The number of rotatable bonds is 2. The molecule has 1 aliphatic carbocycles. The molecule has 2 amide bonds. The summed E-state index contributed by atoms with van der Waals surface area (Å²) in [6, 6.07) is 5.22. The molecular weight excluding hydrogens is 332 g/mol. The largest absolute Gasteiger partial charge is 0.506 e. The molecule has 1 aromatic carbocycles. The number of amides is 2. The Bertz CT molecular complexity index is 910. The molecule has 134 valence electrons. The number of fused-ring (bicyclic) bond motifs is 2. The first kappa shape index (κ1) is 16.4. The van der Waals surface area contributed by atoms with Crippen LogP contribution in [0.15, 0.2) is 24.4 Å². The van der Waals surface area contributed by atoms with Gasteiger partial charge in [0.05, 0.1) is 23.5 Å². The average Bonchev–Trinajstić information content (AvgIpc) is 2.65. The summed E-state index contributed by atoms with van der Waals surface area (Å²) in [5.74, 6) is 0.168. The topological polar surface area (TPSA) is 94.6 Å². The number of aryl methyl sites for hydroxylation is 2. The number of carbonyl (C=O) groups is 2. The first-order valence-electron chi connectivity index (χ1n) is 8.69. The maximum atomic E-state index is 12.6. The molecule has 0 bridgehead atoms. The van der Waals surface area contributed by atoms with Crippen LogP contribution in [0.3, 0.4) is 0 Å². The standard InChI is InChI=1S/C19H20N4O3/c1-23-15-7-13(9-20-18(15)21-10-17(23)25)19(26)22-14-6-11-4-2-3-5-12(11)8-16(14)24/h6-9,24H,2-5,10H2,1H3,(H,20,21)(H,22,26). The molecule has 1 aliphatic heterocycles. The van der Waals surface area contributed by atoms with E-state index in [1.54, 1.807) is 19.2 Å². The first-order valence-corrected chi connectivity index (χ1v) is 8.69. The molecule has 3 N–H and O–H groups in total. The van der Waals surface area contributed by atoms with Crippen LogP contribution in [0.4, 0.5) is 17.2 Å². The Morgan fingerprint density at radius 1 is 1.23 bits per heavy atom. The van der Waals surface area contributed by atoms with Crippen LogP contribution in [0.25, 0.3) is 0 Å². The highest BCUT2D eigenvalue weighted by Crippen LogP contribution is 2.33. The summed E-state index contributed by atoms with van der Waals surface area (Å²) in [7, 11) is 1.65. The van der Waals surface area contributed by atoms with Gasteiger partial charge >= 0.3 is 0 Å². The Morgan fingerprint density at radius 2 is 1.96 bits per heavy atom. The minimum Gasteiger partial charge on any atom is -0.506 e. The molecule has 2 aromatic rings. The van der Waals surface area contributed by atoms with Gasteiger partial charge in [0.15, 0.2) is 0 Å². The number of nitrogens with one attached hydrogen (secondary N) is 2. The second kappa shape index (κ2) is 6.33. The van der Waals surface area contributed by atoms with Crippen molar-refractivity contribution in [3.05, 3.63) is 41.1 Å². The van der Waals surface area contributed by atoms with Gasteiger partial charge in [0.25, 0.3) is 5.91 Å². The van der Waals surface area contributed by atoms with Crippen LogP contribution in [0.2, 0.25) is 0 Å². The number of phenols is 1. The number of hydrogen-bond acceptors (Lipinski definition) is 5. The van der Waals surface area contributed by atoms with E-state index in [1.807, 2.05) is 6.07 Å². The van der Waals surface area contributed by atoms with Crippen LogP contribution in [-0.4, -0.2) is 35.5 Å². The van der Waals surface area contributed by atoms with E-state index in [-0.39, 0.29) is 24.1 Å². The van der Waals surface area contributed by atoms with E-state index in [0.717, 1.165) is 31.2 Å². The highest BCUT2D eigenvalue weighted by molar-refractivity contribution is 6.08. The lowest BCUT2D eigenvalue weighted by atomic mass is 9.91. The zero-order valence-electron chi connectivity index (χ0n) is 14.5. The van der Waals surface area contributed by atoms with Crippen LogP contribution < -0.4 is 15.5 Å². The fourth-order valence-electron chi connectivity index (χ4n) is 3.45. The Labute approximate surface area is 151 Å². The normalized spacial score (nSPS) is 15.7. The van der Waals surface area contributed by atoms with Crippen molar-refractivity contribution in [2.24, 2.45) is 0 Å². The molecule has 0 unspecified atom stereocenters. The maximum Gasteiger partial charge on any atom is 0.257 e. The van der Waals surface area contributed by atoms with Crippen molar-refractivity contribution in [1.29, 1.82) is 0 Å². The van der Waals surface area contributed by atoms with Gasteiger partial charge in [-0.3, -0.25) is 9.59 Å². The van der Waals surface area contributed by atoms with Crippen molar-refractivity contribution < 1.29 is 14.7 Å². The third kappa shape index (κ3) is 2.85. The number of anilines is 3. The van der Waals surface area contributed by atoms with Gasteiger partial charge in [-0.1, -0.05) is 0 Å².